The fraction of sp³-hybridized carbons (Fsp3) is 0.867. The van der Waals surface area contributed by atoms with Crippen LogP contribution in [-0.4, -0.2) is 38.3 Å². The summed E-state index contributed by atoms with van der Waals surface area (Å²) in [6.07, 6.45) is 3.30. The van der Waals surface area contributed by atoms with Gasteiger partial charge in [0.2, 0.25) is 0 Å². The normalized spacial score (nSPS) is 31.5. The second-order valence-electron chi connectivity index (χ2n) is 7.62. The van der Waals surface area contributed by atoms with Crippen molar-refractivity contribution in [2.75, 3.05) is 27.7 Å². The van der Waals surface area contributed by atoms with Crippen LogP contribution in [-0.2, 0) is 16.3 Å². The van der Waals surface area contributed by atoms with Crippen LogP contribution in [0.25, 0.3) is 0 Å². The Labute approximate surface area is 140 Å². The van der Waals surface area contributed by atoms with E-state index in [1.165, 1.54) is 12.0 Å². The van der Waals surface area contributed by atoms with E-state index < -0.39 is 5.69 Å². The summed E-state index contributed by atoms with van der Waals surface area (Å²) >= 11 is 8.91. The van der Waals surface area contributed by atoms with Crippen molar-refractivity contribution in [3.63, 3.8) is 0 Å². The van der Waals surface area contributed by atoms with Crippen LogP contribution in [0.15, 0.2) is 12.2 Å². The lowest BCUT2D eigenvalue weighted by atomic mass is 9.69. The largest absolute Gasteiger partial charge is 0.793 e. The van der Waals surface area contributed by atoms with Crippen LogP contribution in [0.2, 0.25) is 0 Å². The Morgan fingerprint density at radius 1 is 1.48 bits per heavy atom. The minimum absolute atomic E-state index is 0.129. The van der Waals surface area contributed by atoms with Crippen molar-refractivity contribution in [2.45, 2.75) is 39.2 Å². The molecule has 0 aromatic carbocycles. The summed E-state index contributed by atoms with van der Waals surface area (Å²) in [5.41, 5.74) is -2.02. The van der Waals surface area contributed by atoms with Gasteiger partial charge in [-0.25, -0.2) is 0 Å². The first-order valence-corrected chi connectivity index (χ1v) is 11.4. The van der Waals surface area contributed by atoms with E-state index in [4.69, 9.17) is 16.3 Å². The van der Waals surface area contributed by atoms with Crippen molar-refractivity contribution in [1.29, 1.82) is 0 Å². The van der Waals surface area contributed by atoms with Gasteiger partial charge in [0, 0.05) is 5.69 Å². The third-order valence-electron chi connectivity index (χ3n) is 4.27. The number of nitrogens with zero attached hydrogens (tertiary/aromatic N) is 1. The molecule has 5 atom stereocenters. The highest BCUT2D eigenvalue weighted by atomic mass is 32.9. The first-order valence-electron chi connectivity index (χ1n) is 7.57. The molecule has 0 heterocycles. The van der Waals surface area contributed by atoms with Crippen LogP contribution in [0.4, 0.5) is 0 Å². The van der Waals surface area contributed by atoms with Gasteiger partial charge in [-0.15, -0.1) is 12.2 Å². The van der Waals surface area contributed by atoms with E-state index in [-0.39, 0.29) is 6.10 Å². The number of quaternary nitrogens is 1. The van der Waals surface area contributed by atoms with Crippen molar-refractivity contribution in [3.05, 3.63) is 12.2 Å². The summed E-state index contributed by atoms with van der Waals surface area (Å²) in [7, 11) is 6.35. The molecule has 1 aliphatic rings. The molecule has 124 valence electrons. The minimum atomic E-state index is -3.21. The molecule has 0 spiro atoms. The molecule has 5 unspecified atom stereocenters. The molecule has 6 heteroatoms. The van der Waals surface area contributed by atoms with Crippen LogP contribution in [0.1, 0.15) is 33.1 Å². The quantitative estimate of drug-likeness (QED) is 0.345. The number of allylic oxidation sites excluding steroid dienone is 1. The van der Waals surface area contributed by atoms with E-state index in [1.54, 1.807) is 0 Å². The Balaban J connectivity index is 3.01. The third-order valence-corrected chi connectivity index (χ3v) is 5.35. The maximum Gasteiger partial charge on any atom is 0.114 e. The van der Waals surface area contributed by atoms with Crippen LogP contribution >= 0.6 is 17.9 Å². The van der Waals surface area contributed by atoms with E-state index >= 15 is 0 Å². The minimum Gasteiger partial charge on any atom is -0.793 e. The van der Waals surface area contributed by atoms with Crippen LogP contribution in [0.3, 0.4) is 0 Å². The molecule has 3 nitrogen and oxygen atoms in total. The highest BCUT2D eigenvalue weighted by molar-refractivity contribution is 8.59. The molecule has 0 N–H and O–H groups in total. The maximum absolute atomic E-state index is 11.9. The predicted molar refractivity (Wildman–Crippen MR) is 95.9 cm³/mol. The van der Waals surface area contributed by atoms with Gasteiger partial charge in [0.25, 0.3) is 0 Å². The van der Waals surface area contributed by atoms with Gasteiger partial charge in [0.15, 0.2) is 0 Å². The smallest absolute Gasteiger partial charge is 0.114 e. The van der Waals surface area contributed by atoms with Gasteiger partial charge in [-0.1, -0.05) is 37.3 Å². The lowest BCUT2D eigenvalue weighted by Crippen LogP contribution is -2.48. The Kier molecular flexibility index (Phi) is 6.99. The molecular weight excluding hydrogens is 321 g/mol. The summed E-state index contributed by atoms with van der Waals surface area (Å²) in [4.78, 5) is 11.9. The highest BCUT2D eigenvalue weighted by Gasteiger charge is 2.38. The first kappa shape index (κ1) is 19.7. The SMILES string of the molecule is C=C(C)C1CCC(C)CC1C(C[N+](C)(C)C)OP([O-])(=S)S. The van der Waals surface area contributed by atoms with E-state index in [1.807, 2.05) is 0 Å². The topological polar surface area (TPSA) is 32.3 Å². The zero-order chi connectivity index (χ0) is 16.4. The summed E-state index contributed by atoms with van der Waals surface area (Å²) in [5, 5.41) is 0. The first-order chi connectivity index (χ1) is 9.39. The fourth-order valence-corrected chi connectivity index (χ4v) is 4.67. The molecule has 1 saturated carbocycles. The molecule has 0 radical (unpaired) electrons. The molecule has 21 heavy (non-hydrogen) atoms. The lowest BCUT2D eigenvalue weighted by molar-refractivity contribution is -0.873. The molecule has 0 amide bonds. The molecular formula is C15H30NO2PS2. The van der Waals surface area contributed by atoms with E-state index in [0.29, 0.717) is 17.8 Å². The van der Waals surface area contributed by atoms with Crippen molar-refractivity contribution in [1.82, 2.24) is 0 Å². The van der Waals surface area contributed by atoms with Gasteiger partial charge in [-0.3, -0.25) is 0 Å². The predicted octanol–water partition coefficient (Wildman–Crippen LogP) is 3.22. The summed E-state index contributed by atoms with van der Waals surface area (Å²) < 4.78 is 6.51. The van der Waals surface area contributed by atoms with Crippen LogP contribution < -0.4 is 4.89 Å². The number of rotatable bonds is 6. The van der Waals surface area contributed by atoms with E-state index in [9.17, 15) is 4.89 Å². The Hall–Kier alpha value is 0.620. The van der Waals surface area contributed by atoms with Crippen molar-refractivity contribution >= 4 is 29.7 Å². The molecule has 0 aliphatic heterocycles. The van der Waals surface area contributed by atoms with Gasteiger partial charge >= 0.3 is 0 Å². The second-order valence-corrected chi connectivity index (χ2v) is 12.6. The summed E-state index contributed by atoms with van der Waals surface area (Å²) in [5.74, 6) is 1.41. The Morgan fingerprint density at radius 2 is 2.05 bits per heavy atom. The summed E-state index contributed by atoms with van der Waals surface area (Å²) in [6, 6.07) is 0. The second kappa shape index (κ2) is 7.46. The van der Waals surface area contributed by atoms with E-state index in [0.717, 1.165) is 23.9 Å². The van der Waals surface area contributed by atoms with Gasteiger partial charge in [0.1, 0.15) is 12.6 Å². The lowest BCUT2D eigenvalue weighted by Gasteiger charge is -2.43. The van der Waals surface area contributed by atoms with Gasteiger partial charge < -0.3 is 13.9 Å². The molecule has 0 bridgehead atoms. The standard InChI is InChI=1S/C15H30NO2PS2/c1-11(2)13-8-7-12(3)9-14(13)15(10-16(4,5)6)18-19(17,20)21/h12-15H,1,7-10H2,2-6H3,(H-,17,20,21). The fourth-order valence-electron chi connectivity index (χ4n) is 3.41. The van der Waals surface area contributed by atoms with Gasteiger partial charge in [-0.05, 0) is 37.5 Å². The molecule has 0 aromatic rings. The Bertz CT molecular complexity index is 416. The molecule has 0 aromatic heterocycles. The van der Waals surface area contributed by atoms with E-state index in [2.05, 4.69) is 53.8 Å². The zero-order valence-corrected chi connectivity index (χ0v) is 16.5. The van der Waals surface area contributed by atoms with Crippen molar-refractivity contribution < 1.29 is 13.9 Å². The number of hydrogen-bond acceptors (Lipinski definition) is 3. The third kappa shape index (κ3) is 7.15. The van der Waals surface area contributed by atoms with Crippen LogP contribution in [0, 0.1) is 17.8 Å². The maximum atomic E-state index is 11.9. The number of thiol groups is 1. The van der Waals surface area contributed by atoms with Gasteiger partial charge in [-0.2, -0.15) is 0 Å². The van der Waals surface area contributed by atoms with Crippen LogP contribution in [0.5, 0.6) is 0 Å². The molecule has 1 rings (SSSR count). The average Bonchev–Trinajstić information content (AvgIpc) is 2.23. The molecule has 1 fully saturated rings. The van der Waals surface area contributed by atoms with Crippen molar-refractivity contribution in [3.8, 4) is 0 Å². The number of likely N-dealkylation sites (N-methyl/N-ethyl adjacent to an activating group) is 1. The Morgan fingerprint density at radius 3 is 2.48 bits per heavy atom. The zero-order valence-electron chi connectivity index (χ0n) is 13.9. The number of hydrogen-bond donors (Lipinski definition) is 1. The van der Waals surface area contributed by atoms with Gasteiger partial charge in [0.05, 0.1) is 21.1 Å². The monoisotopic (exact) mass is 351 g/mol. The summed E-state index contributed by atoms with van der Waals surface area (Å²) in [6.45, 7) is 9.30. The van der Waals surface area contributed by atoms with Crippen molar-refractivity contribution in [2.24, 2.45) is 17.8 Å². The molecule has 0 saturated heterocycles. The average molecular weight is 352 g/mol. The highest BCUT2D eigenvalue weighted by Crippen LogP contribution is 2.49. The molecule has 1 aliphatic carbocycles.